The summed E-state index contributed by atoms with van der Waals surface area (Å²) in [6.45, 7) is 4.45. The van der Waals surface area contributed by atoms with Crippen molar-refractivity contribution in [3.63, 3.8) is 0 Å². The van der Waals surface area contributed by atoms with E-state index in [0.717, 1.165) is 0 Å². The average molecular weight is 400 g/mol. The van der Waals surface area contributed by atoms with E-state index in [-0.39, 0.29) is 26.2 Å². The van der Waals surface area contributed by atoms with E-state index in [1.807, 2.05) is 0 Å². The molecule has 0 aliphatic rings. The first-order valence-corrected chi connectivity index (χ1v) is 8.15. The third-order valence-electron chi connectivity index (χ3n) is 3.10. The second-order valence-corrected chi connectivity index (χ2v) is 5.26. The van der Waals surface area contributed by atoms with Crippen molar-refractivity contribution in [2.24, 2.45) is 0 Å². The fourth-order valence-electron chi connectivity index (χ4n) is 1.92. The number of hydrogen-bond acceptors (Lipinski definition) is 1. The summed E-state index contributed by atoms with van der Waals surface area (Å²) in [5.41, 5.74) is 2.97. The molecule has 3 heteroatoms. The van der Waals surface area contributed by atoms with Crippen molar-refractivity contribution in [1.29, 1.82) is 0 Å². The molecule has 0 aliphatic heterocycles. The van der Waals surface area contributed by atoms with Crippen LogP contribution in [0.4, 0.5) is 0 Å². The minimum absolute atomic E-state index is 0. The summed E-state index contributed by atoms with van der Waals surface area (Å²) in [7, 11) is 1.39. The van der Waals surface area contributed by atoms with Gasteiger partial charge in [-0.2, -0.15) is 35.4 Å². The molecule has 0 saturated heterocycles. The van der Waals surface area contributed by atoms with Crippen molar-refractivity contribution < 1.29 is 30.5 Å². The number of halogens is 1. The van der Waals surface area contributed by atoms with Crippen LogP contribution in [0.15, 0.2) is 48.5 Å². The fraction of sp³-hybridized carbons (Fsp3) is 0.474. The number of aryl methyl sites for hydroxylation is 2. The second-order valence-electron chi connectivity index (χ2n) is 4.95. The van der Waals surface area contributed by atoms with E-state index < -0.39 is 0 Å². The van der Waals surface area contributed by atoms with Crippen LogP contribution in [0.1, 0.15) is 50.7 Å². The maximum Gasteiger partial charge on any atom is 2.00 e. The number of unbranched alkanes of at least 4 members (excludes halogenated alkanes) is 2. The summed E-state index contributed by atoms with van der Waals surface area (Å²) in [6, 6.07) is 17.2. The van der Waals surface area contributed by atoms with Crippen molar-refractivity contribution in [3.05, 3.63) is 59.7 Å². The molecular weight excluding hydrogens is 371 g/mol. The quantitative estimate of drug-likeness (QED) is 0.519. The van der Waals surface area contributed by atoms with Crippen molar-refractivity contribution in [2.45, 2.75) is 52.4 Å². The van der Waals surface area contributed by atoms with Crippen molar-refractivity contribution >= 4 is 11.9 Å². The molecule has 0 amide bonds. The third kappa shape index (κ3) is 14.8. The average Bonchev–Trinajstić information content (AvgIpc) is 3.18. The summed E-state index contributed by atoms with van der Waals surface area (Å²) >= 11 is 4.50. The Kier molecular flexibility index (Phi) is 20.7. The molecule has 0 aliphatic carbocycles. The van der Waals surface area contributed by atoms with Gasteiger partial charge in [-0.3, -0.25) is 4.29 Å². The SMILES string of the molecule is CCCC[c-]1cccc1.CCCC[c-]1cccc1.COCl.[Zr+2]. The molecule has 0 bridgehead atoms. The molecule has 2 aromatic rings. The maximum atomic E-state index is 4.50. The van der Waals surface area contributed by atoms with Gasteiger partial charge in [-0.1, -0.05) is 52.4 Å². The smallest absolute Gasteiger partial charge is 0.283 e. The Morgan fingerprint density at radius 3 is 1.27 bits per heavy atom. The molecular formula is C19H29ClOZr. The maximum absolute atomic E-state index is 4.50. The summed E-state index contributed by atoms with van der Waals surface area (Å²) < 4.78 is 3.72. The molecule has 1 nitrogen and oxygen atoms in total. The Morgan fingerprint density at radius 1 is 0.773 bits per heavy atom. The van der Waals surface area contributed by atoms with Gasteiger partial charge in [0.25, 0.3) is 0 Å². The molecule has 0 heterocycles. The molecule has 0 spiro atoms. The van der Waals surface area contributed by atoms with Crippen molar-refractivity contribution in [2.75, 3.05) is 7.11 Å². The van der Waals surface area contributed by atoms with Gasteiger partial charge in [0.15, 0.2) is 0 Å². The predicted octanol–water partition coefficient (Wildman–Crippen LogP) is 6.28. The van der Waals surface area contributed by atoms with Gasteiger partial charge >= 0.3 is 26.2 Å². The van der Waals surface area contributed by atoms with Gasteiger partial charge in [-0.05, 0) is 0 Å². The summed E-state index contributed by atoms with van der Waals surface area (Å²) in [5, 5.41) is 0. The zero-order valence-corrected chi connectivity index (χ0v) is 17.4. The minimum atomic E-state index is 0. The first kappa shape index (κ1) is 24.1. The normalized spacial score (nSPS) is 8.91. The Balaban J connectivity index is 0. The van der Waals surface area contributed by atoms with Crippen LogP contribution < -0.4 is 0 Å². The molecule has 122 valence electrons. The first-order valence-electron chi connectivity index (χ1n) is 7.84. The Bertz CT molecular complexity index is 343. The summed E-state index contributed by atoms with van der Waals surface area (Å²) in [5.74, 6) is 0. The topological polar surface area (TPSA) is 9.23 Å². The Labute approximate surface area is 161 Å². The molecule has 2 aromatic carbocycles. The van der Waals surface area contributed by atoms with Crippen LogP contribution in [0.3, 0.4) is 0 Å². The van der Waals surface area contributed by atoms with Crippen molar-refractivity contribution in [1.82, 2.24) is 0 Å². The molecule has 22 heavy (non-hydrogen) atoms. The van der Waals surface area contributed by atoms with Gasteiger partial charge in [0.05, 0.1) is 19.0 Å². The molecule has 0 radical (unpaired) electrons. The van der Waals surface area contributed by atoms with Gasteiger partial charge in [0.2, 0.25) is 0 Å². The minimum Gasteiger partial charge on any atom is -0.283 e. The van der Waals surface area contributed by atoms with E-state index in [1.54, 1.807) is 0 Å². The standard InChI is InChI=1S/2C9H13.CH3ClO.Zr/c2*1-2-3-6-9-7-4-5-8-9;1-3-2;/h2*4-5,7-8H,2-3,6H2,1H3;1H3;/q2*-1;;+2. The second kappa shape index (κ2) is 18.9. The van der Waals surface area contributed by atoms with E-state index in [2.05, 4.69) is 78.5 Å². The van der Waals surface area contributed by atoms with Crippen LogP contribution in [0.25, 0.3) is 0 Å². The fourth-order valence-corrected chi connectivity index (χ4v) is 1.92. The zero-order chi connectivity index (χ0) is 15.8. The van der Waals surface area contributed by atoms with Crippen LogP contribution in [-0.2, 0) is 43.3 Å². The van der Waals surface area contributed by atoms with Gasteiger partial charge in [-0.25, -0.2) is 24.3 Å². The van der Waals surface area contributed by atoms with E-state index in [9.17, 15) is 0 Å². The Hall–Kier alpha value is -0.167. The van der Waals surface area contributed by atoms with Crippen LogP contribution in [0.2, 0.25) is 0 Å². The molecule has 2 rings (SSSR count). The summed E-state index contributed by atoms with van der Waals surface area (Å²) in [6.07, 6.45) is 7.75. The van der Waals surface area contributed by atoms with Gasteiger partial charge < -0.3 is 0 Å². The van der Waals surface area contributed by atoms with Crippen LogP contribution in [0, 0.1) is 0 Å². The first-order chi connectivity index (χ1) is 10.3. The van der Waals surface area contributed by atoms with E-state index >= 15 is 0 Å². The van der Waals surface area contributed by atoms with Gasteiger partial charge in [0, 0.05) is 0 Å². The molecule has 0 saturated carbocycles. The van der Waals surface area contributed by atoms with E-state index in [4.69, 9.17) is 0 Å². The van der Waals surface area contributed by atoms with Gasteiger partial charge in [-0.15, -0.1) is 0 Å². The van der Waals surface area contributed by atoms with Crippen molar-refractivity contribution in [3.8, 4) is 0 Å². The molecule has 0 atom stereocenters. The van der Waals surface area contributed by atoms with E-state index in [0.29, 0.717) is 0 Å². The zero-order valence-electron chi connectivity index (χ0n) is 14.1. The number of rotatable bonds is 6. The number of hydrogen-bond donors (Lipinski definition) is 0. The Morgan fingerprint density at radius 2 is 1.05 bits per heavy atom. The molecule has 0 fully saturated rings. The van der Waals surface area contributed by atoms with E-state index in [1.165, 1.54) is 56.8 Å². The molecule has 0 aromatic heterocycles. The van der Waals surface area contributed by atoms with Crippen LogP contribution >= 0.6 is 11.9 Å². The van der Waals surface area contributed by atoms with Crippen LogP contribution in [-0.4, -0.2) is 7.11 Å². The largest absolute Gasteiger partial charge is 2.00 e. The van der Waals surface area contributed by atoms with Gasteiger partial charge in [0.1, 0.15) is 0 Å². The monoisotopic (exact) mass is 398 g/mol. The molecule has 0 N–H and O–H groups in total. The molecule has 0 unspecified atom stereocenters. The third-order valence-corrected chi connectivity index (χ3v) is 3.10. The summed E-state index contributed by atoms with van der Waals surface area (Å²) in [4.78, 5) is 0. The predicted molar refractivity (Wildman–Crippen MR) is 94.2 cm³/mol. The van der Waals surface area contributed by atoms with Crippen LogP contribution in [0.5, 0.6) is 0 Å².